The van der Waals surface area contributed by atoms with E-state index in [1.807, 2.05) is 6.92 Å². The molecule has 6 nitrogen and oxygen atoms in total. The van der Waals surface area contributed by atoms with Crippen molar-refractivity contribution in [2.45, 2.75) is 32.2 Å². The lowest BCUT2D eigenvalue weighted by Crippen LogP contribution is -2.42. The van der Waals surface area contributed by atoms with Crippen molar-refractivity contribution in [3.8, 4) is 0 Å². The van der Waals surface area contributed by atoms with Crippen LogP contribution in [0.2, 0.25) is 0 Å². The van der Waals surface area contributed by atoms with E-state index >= 15 is 0 Å². The Morgan fingerprint density at radius 3 is 2.50 bits per heavy atom. The summed E-state index contributed by atoms with van der Waals surface area (Å²) in [6.07, 6.45) is 0.898. The van der Waals surface area contributed by atoms with Crippen LogP contribution >= 0.6 is 0 Å². The quantitative estimate of drug-likeness (QED) is 0.700. The third kappa shape index (κ3) is 2.50. The molecule has 1 heterocycles. The molecule has 0 aromatic rings. The molecule has 2 atom stereocenters. The fraction of sp³-hybridized carbons (Fsp3) is 0.700. The van der Waals surface area contributed by atoms with Crippen molar-refractivity contribution in [2.75, 3.05) is 6.54 Å². The molecule has 1 fully saturated rings. The van der Waals surface area contributed by atoms with Crippen molar-refractivity contribution < 1.29 is 24.6 Å². The number of hydrogen-bond donors (Lipinski definition) is 2. The number of rotatable bonds is 5. The topological polar surface area (TPSA) is 94.9 Å². The highest BCUT2D eigenvalue weighted by Gasteiger charge is 2.39. The largest absolute Gasteiger partial charge is 0.481 e. The van der Waals surface area contributed by atoms with Crippen molar-refractivity contribution in [3.05, 3.63) is 0 Å². The first-order valence-corrected chi connectivity index (χ1v) is 5.22. The number of aliphatic carboxylic acids is 2. The van der Waals surface area contributed by atoms with Crippen LogP contribution < -0.4 is 0 Å². The molecule has 6 heteroatoms. The van der Waals surface area contributed by atoms with Gasteiger partial charge < -0.3 is 15.1 Å². The van der Waals surface area contributed by atoms with Gasteiger partial charge in [-0.15, -0.1) is 0 Å². The maximum atomic E-state index is 11.5. The lowest BCUT2D eigenvalue weighted by atomic mass is 10.1. The van der Waals surface area contributed by atoms with Gasteiger partial charge in [-0.3, -0.25) is 9.59 Å². The fourth-order valence-electron chi connectivity index (χ4n) is 1.88. The third-order valence-corrected chi connectivity index (χ3v) is 2.73. The second kappa shape index (κ2) is 4.96. The number of carbonyl (C=O) groups is 3. The van der Waals surface area contributed by atoms with E-state index in [1.165, 1.54) is 4.90 Å². The third-order valence-electron chi connectivity index (χ3n) is 2.73. The maximum absolute atomic E-state index is 11.5. The first-order chi connectivity index (χ1) is 7.47. The number of carbonyl (C=O) groups excluding carboxylic acids is 1. The molecule has 0 saturated carbocycles. The van der Waals surface area contributed by atoms with Crippen LogP contribution in [0.15, 0.2) is 0 Å². The normalized spacial score (nSPS) is 22.2. The first-order valence-electron chi connectivity index (χ1n) is 5.22. The van der Waals surface area contributed by atoms with Crippen molar-refractivity contribution in [3.63, 3.8) is 0 Å². The van der Waals surface area contributed by atoms with Crippen LogP contribution in [0.1, 0.15) is 26.2 Å². The van der Waals surface area contributed by atoms with E-state index in [4.69, 9.17) is 10.2 Å². The first kappa shape index (κ1) is 12.5. The molecule has 0 aliphatic carbocycles. The van der Waals surface area contributed by atoms with Crippen molar-refractivity contribution in [2.24, 2.45) is 5.92 Å². The van der Waals surface area contributed by atoms with Gasteiger partial charge in [0.2, 0.25) is 5.91 Å². The van der Waals surface area contributed by atoms with E-state index < -0.39 is 23.9 Å². The van der Waals surface area contributed by atoms with Gasteiger partial charge in [0.15, 0.2) is 0 Å². The van der Waals surface area contributed by atoms with Gasteiger partial charge in [-0.2, -0.15) is 0 Å². The molecular weight excluding hydrogens is 214 g/mol. The highest BCUT2D eigenvalue weighted by molar-refractivity contribution is 5.89. The molecule has 0 aromatic heterocycles. The molecule has 1 rings (SSSR count). The van der Waals surface area contributed by atoms with Crippen molar-refractivity contribution in [1.82, 2.24) is 4.90 Å². The van der Waals surface area contributed by atoms with Crippen LogP contribution in [0.25, 0.3) is 0 Å². The number of amides is 1. The molecule has 1 aliphatic heterocycles. The second-order valence-corrected chi connectivity index (χ2v) is 3.93. The van der Waals surface area contributed by atoms with E-state index in [0.29, 0.717) is 12.8 Å². The summed E-state index contributed by atoms with van der Waals surface area (Å²) in [6, 6.07) is -0.887. The molecule has 90 valence electrons. The Hall–Kier alpha value is -1.59. The van der Waals surface area contributed by atoms with Crippen LogP contribution in [0, 0.1) is 5.92 Å². The summed E-state index contributed by atoms with van der Waals surface area (Å²) in [4.78, 5) is 34.4. The molecule has 1 amide bonds. The summed E-state index contributed by atoms with van der Waals surface area (Å²) in [5.41, 5.74) is 0. The van der Waals surface area contributed by atoms with Gasteiger partial charge in [-0.05, 0) is 6.42 Å². The van der Waals surface area contributed by atoms with Gasteiger partial charge in [0, 0.05) is 13.0 Å². The Morgan fingerprint density at radius 1 is 1.50 bits per heavy atom. The predicted octanol–water partition coefficient (Wildman–Crippen LogP) is 0.173. The van der Waals surface area contributed by atoms with Crippen LogP contribution in [-0.2, 0) is 14.4 Å². The summed E-state index contributed by atoms with van der Waals surface area (Å²) in [5, 5.41) is 17.7. The Kier molecular flexibility index (Phi) is 3.87. The zero-order valence-corrected chi connectivity index (χ0v) is 9.05. The van der Waals surface area contributed by atoms with Crippen LogP contribution in [-0.4, -0.2) is 45.5 Å². The Morgan fingerprint density at radius 2 is 2.12 bits per heavy atom. The van der Waals surface area contributed by atoms with Crippen molar-refractivity contribution in [1.29, 1.82) is 0 Å². The predicted molar refractivity (Wildman–Crippen MR) is 53.8 cm³/mol. The molecule has 16 heavy (non-hydrogen) atoms. The van der Waals surface area contributed by atoms with Crippen LogP contribution in [0.4, 0.5) is 0 Å². The molecule has 0 bridgehead atoms. The van der Waals surface area contributed by atoms with Gasteiger partial charge in [-0.25, -0.2) is 4.79 Å². The number of carboxylic acids is 2. The van der Waals surface area contributed by atoms with Gasteiger partial charge >= 0.3 is 11.9 Å². The summed E-state index contributed by atoms with van der Waals surface area (Å²) < 4.78 is 0. The minimum Gasteiger partial charge on any atom is -0.481 e. The monoisotopic (exact) mass is 229 g/mol. The lowest BCUT2D eigenvalue weighted by Gasteiger charge is -2.23. The standard InChI is InChI=1S/C10H15NO5/c1-2-3-7(10(15)16)11-5-6(9(13)14)4-8(11)12/h6-7H,2-5H2,1H3,(H,13,14)(H,15,16)/t6?,7-/m0/s1. The molecule has 0 aromatic carbocycles. The van der Waals surface area contributed by atoms with E-state index in [-0.39, 0.29) is 18.9 Å². The molecular formula is C10H15NO5. The maximum Gasteiger partial charge on any atom is 0.326 e. The average Bonchev–Trinajstić information content (AvgIpc) is 2.56. The molecule has 0 spiro atoms. The SMILES string of the molecule is CCC[C@@H](C(=O)O)N1CC(C(=O)O)CC1=O. The van der Waals surface area contributed by atoms with Gasteiger partial charge in [0.1, 0.15) is 6.04 Å². The zero-order valence-electron chi connectivity index (χ0n) is 9.05. The van der Waals surface area contributed by atoms with Gasteiger partial charge in [0.05, 0.1) is 5.92 Å². The van der Waals surface area contributed by atoms with Gasteiger partial charge in [0.25, 0.3) is 0 Å². The summed E-state index contributed by atoms with van der Waals surface area (Å²) >= 11 is 0. The van der Waals surface area contributed by atoms with E-state index in [1.54, 1.807) is 0 Å². The number of hydrogen-bond acceptors (Lipinski definition) is 3. The Labute approximate surface area is 92.9 Å². The highest BCUT2D eigenvalue weighted by atomic mass is 16.4. The average molecular weight is 229 g/mol. The number of likely N-dealkylation sites (tertiary alicyclic amines) is 1. The zero-order chi connectivity index (χ0) is 12.3. The molecule has 1 unspecified atom stereocenters. The molecule has 1 saturated heterocycles. The number of carboxylic acid groups (broad SMARTS) is 2. The Balaban J connectivity index is 2.75. The fourth-order valence-corrected chi connectivity index (χ4v) is 1.88. The van der Waals surface area contributed by atoms with E-state index in [9.17, 15) is 14.4 Å². The molecule has 1 aliphatic rings. The summed E-state index contributed by atoms with van der Waals surface area (Å²) in [6.45, 7) is 1.83. The Bertz CT molecular complexity index is 314. The molecule has 0 radical (unpaired) electrons. The molecule has 2 N–H and O–H groups in total. The summed E-state index contributed by atoms with van der Waals surface area (Å²) in [7, 11) is 0. The van der Waals surface area contributed by atoms with E-state index in [0.717, 1.165) is 0 Å². The van der Waals surface area contributed by atoms with Crippen LogP contribution in [0.5, 0.6) is 0 Å². The van der Waals surface area contributed by atoms with Crippen molar-refractivity contribution >= 4 is 17.8 Å². The number of nitrogens with zero attached hydrogens (tertiary/aromatic N) is 1. The highest BCUT2D eigenvalue weighted by Crippen LogP contribution is 2.22. The second-order valence-electron chi connectivity index (χ2n) is 3.93. The lowest BCUT2D eigenvalue weighted by molar-refractivity contribution is -0.148. The van der Waals surface area contributed by atoms with Gasteiger partial charge in [-0.1, -0.05) is 13.3 Å². The van der Waals surface area contributed by atoms with Crippen LogP contribution in [0.3, 0.4) is 0 Å². The minimum absolute atomic E-state index is 0.00509. The smallest absolute Gasteiger partial charge is 0.326 e. The minimum atomic E-state index is -1.07. The summed E-state index contributed by atoms with van der Waals surface area (Å²) in [5.74, 6) is -3.27. The van der Waals surface area contributed by atoms with E-state index in [2.05, 4.69) is 0 Å².